The molecule has 0 aromatic carbocycles. The lowest BCUT2D eigenvalue weighted by Crippen LogP contribution is -2.27. The summed E-state index contributed by atoms with van der Waals surface area (Å²) in [4.78, 5) is 0. The predicted octanol–water partition coefficient (Wildman–Crippen LogP) is 2.05. The van der Waals surface area contributed by atoms with E-state index in [1.807, 2.05) is 6.92 Å². The lowest BCUT2D eigenvalue weighted by molar-refractivity contribution is -0.143. The van der Waals surface area contributed by atoms with Crippen molar-refractivity contribution in [3.63, 3.8) is 0 Å². The number of aromatic nitrogens is 4. The van der Waals surface area contributed by atoms with Gasteiger partial charge in [0, 0.05) is 25.7 Å². The lowest BCUT2D eigenvalue weighted by Gasteiger charge is -2.19. The van der Waals surface area contributed by atoms with Crippen molar-refractivity contribution in [1.29, 1.82) is 0 Å². The second kappa shape index (κ2) is 4.59. The van der Waals surface area contributed by atoms with Gasteiger partial charge in [0.2, 0.25) is 0 Å². The fourth-order valence-electron chi connectivity index (χ4n) is 2.98. The van der Waals surface area contributed by atoms with Crippen LogP contribution in [0.2, 0.25) is 0 Å². The first-order valence-corrected chi connectivity index (χ1v) is 6.69. The molecule has 21 heavy (non-hydrogen) atoms. The first-order valence-electron chi connectivity index (χ1n) is 6.69. The topological polar surface area (TPSA) is 47.7 Å². The van der Waals surface area contributed by atoms with E-state index in [1.54, 1.807) is 7.05 Å². The Balaban J connectivity index is 2.23. The third kappa shape index (κ3) is 2.14. The zero-order chi connectivity index (χ0) is 15.4. The third-order valence-corrected chi connectivity index (χ3v) is 3.87. The van der Waals surface area contributed by atoms with Crippen LogP contribution < -0.4 is 5.32 Å². The van der Waals surface area contributed by atoms with Crippen molar-refractivity contribution >= 4 is 0 Å². The summed E-state index contributed by atoms with van der Waals surface area (Å²) in [7, 11) is 2.98. The van der Waals surface area contributed by atoms with Crippen LogP contribution in [0.15, 0.2) is 6.20 Å². The molecule has 0 aliphatic carbocycles. The minimum Gasteiger partial charge on any atom is -0.308 e. The molecule has 8 heteroatoms. The summed E-state index contributed by atoms with van der Waals surface area (Å²) in [6, 6.07) is 0.0414. The highest BCUT2D eigenvalue weighted by molar-refractivity contribution is 5.68. The van der Waals surface area contributed by atoms with Gasteiger partial charge in [-0.1, -0.05) is 0 Å². The summed E-state index contributed by atoms with van der Waals surface area (Å²) in [6.45, 7) is 2.69. The minimum atomic E-state index is -4.45. The van der Waals surface area contributed by atoms with E-state index in [0.29, 0.717) is 12.1 Å². The van der Waals surface area contributed by atoms with Gasteiger partial charge in [0.25, 0.3) is 0 Å². The molecule has 0 saturated carbocycles. The lowest BCUT2D eigenvalue weighted by atomic mass is 9.97. The molecular weight excluding hydrogens is 283 g/mol. The van der Waals surface area contributed by atoms with Crippen LogP contribution in [0.5, 0.6) is 0 Å². The van der Waals surface area contributed by atoms with Gasteiger partial charge in [-0.05, 0) is 19.9 Å². The van der Waals surface area contributed by atoms with E-state index in [2.05, 4.69) is 15.5 Å². The van der Waals surface area contributed by atoms with E-state index in [1.165, 1.54) is 17.9 Å². The van der Waals surface area contributed by atoms with Crippen molar-refractivity contribution in [2.45, 2.75) is 25.6 Å². The van der Waals surface area contributed by atoms with Crippen LogP contribution >= 0.6 is 0 Å². The van der Waals surface area contributed by atoms with Crippen LogP contribution in [0.3, 0.4) is 0 Å². The summed E-state index contributed by atoms with van der Waals surface area (Å²) >= 11 is 0. The zero-order valence-corrected chi connectivity index (χ0v) is 12.0. The number of aryl methyl sites for hydroxylation is 2. The molecule has 3 rings (SSSR count). The second-order valence-electron chi connectivity index (χ2n) is 5.29. The number of rotatable bonds is 1. The highest BCUT2D eigenvalue weighted by Gasteiger charge is 2.39. The molecule has 1 aliphatic heterocycles. The number of nitrogens with zero attached hydrogens (tertiary/aromatic N) is 4. The first-order chi connectivity index (χ1) is 9.80. The summed E-state index contributed by atoms with van der Waals surface area (Å²) in [5.74, 6) is 0. The van der Waals surface area contributed by atoms with Crippen LogP contribution in [0.4, 0.5) is 13.2 Å². The number of hydrogen-bond acceptors (Lipinski definition) is 3. The number of alkyl halides is 3. The molecule has 2 aromatic heterocycles. The first kappa shape index (κ1) is 14.1. The molecular formula is C13H16F3N5. The van der Waals surface area contributed by atoms with Crippen molar-refractivity contribution in [2.24, 2.45) is 14.1 Å². The molecule has 114 valence electrons. The van der Waals surface area contributed by atoms with E-state index in [9.17, 15) is 13.2 Å². The molecule has 0 saturated heterocycles. The van der Waals surface area contributed by atoms with Gasteiger partial charge in [0.1, 0.15) is 0 Å². The van der Waals surface area contributed by atoms with Gasteiger partial charge in [0.05, 0.1) is 23.1 Å². The summed E-state index contributed by atoms with van der Waals surface area (Å²) in [6.07, 6.45) is -2.52. The second-order valence-corrected chi connectivity index (χ2v) is 5.29. The maximum absolute atomic E-state index is 13.3. The van der Waals surface area contributed by atoms with E-state index in [4.69, 9.17) is 0 Å². The fraction of sp³-hybridized carbons (Fsp3) is 0.538. The highest BCUT2D eigenvalue weighted by atomic mass is 19.4. The number of nitrogens with one attached hydrogen (secondary N) is 1. The monoisotopic (exact) mass is 299 g/mol. The molecule has 3 heterocycles. The van der Waals surface area contributed by atoms with Gasteiger partial charge in [-0.2, -0.15) is 23.4 Å². The highest BCUT2D eigenvalue weighted by Crippen LogP contribution is 2.39. The van der Waals surface area contributed by atoms with E-state index in [-0.39, 0.29) is 11.6 Å². The number of fused-ring (bicyclic) bond motifs is 1. The van der Waals surface area contributed by atoms with E-state index >= 15 is 0 Å². The molecule has 0 spiro atoms. The Morgan fingerprint density at radius 3 is 2.67 bits per heavy atom. The van der Waals surface area contributed by atoms with Gasteiger partial charge < -0.3 is 5.32 Å². The molecule has 5 nitrogen and oxygen atoms in total. The average Bonchev–Trinajstić information content (AvgIpc) is 2.89. The Labute approximate surface area is 119 Å². The summed E-state index contributed by atoms with van der Waals surface area (Å²) in [5.41, 5.74) is 1.56. The Morgan fingerprint density at radius 1 is 1.29 bits per heavy atom. The molecule has 1 atom stereocenters. The Hall–Kier alpha value is -1.83. The molecule has 0 bridgehead atoms. The molecule has 0 radical (unpaired) electrons. The fourth-order valence-corrected chi connectivity index (χ4v) is 2.98. The van der Waals surface area contributed by atoms with Crippen LogP contribution in [0.25, 0.3) is 11.3 Å². The van der Waals surface area contributed by atoms with Gasteiger partial charge >= 0.3 is 6.18 Å². The third-order valence-electron chi connectivity index (χ3n) is 3.87. The maximum atomic E-state index is 13.3. The molecule has 1 unspecified atom stereocenters. The largest absolute Gasteiger partial charge is 0.433 e. The van der Waals surface area contributed by atoms with Crippen LogP contribution in [-0.2, 0) is 26.7 Å². The SMILES string of the molecule is CC1NCCc2c1nn(C)c2-c1cnn(C)c1C(F)(F)F. The van der Waals surface area contributed by atoms with E-state index < -0.39 is 11.9 Å². The Morgan fingerprint density at radius 2 is 2.00 bits per heavy atom. The number of halogens is 3. The van der Waals surface area contributed by atoms with Gasteiger partial charge in [-0.3, -0.25) is 9.36 Å². The van der Waals surface area contributed by atoms with Crippen molar-refractivity contribution in [2.75, 3.05) is 6.54 Å². The normalized spacial score (nSPS) is 18.9. The van der Waals surface area contributed by atoms with Crippen molar-refractivity contribution in [3.8, 4) is 11.3 Å². The van der Waals surface area contributed by atoms with Gasteiger partial charge in [-0.25, -0.2) is 0 Å². The van der Waals surface area contributed by atoms with Crippen molar-refractivity contribution in [3.05, 3.63) is 23.1 Å². The van der Waals surface area contributed by atoms with E-state index in [0.717, 1.165) is 22.5 Å². The zero-order valence-electron chi connectivity index (χ0n) is 12.0. The molecule has 0 fully saturated rings. The average molecular weight is 299 g/mol. The van der Waals surface area contributed by atoms with Gasteiger partial charge in [-0.15, -0.1) is 0 Å². The Kier molecular flexibility index (Phi) is 3.09. The summed E-state index contributed by atoms with van der Waals surface area (Å²) < 4.78 is 42.2. The van der Waals surface area contributed by atoms with Crippen LogP contribution in [0, 0.1) is 0 Å². The summed E-state index contributed by atoms with van der Waals surface area (Å²) in [5, 5.41) is 11.4. The quantitative estimate of drug-likeness (QED) is 0.876. The number of hydrogen-bond donors (Lipinski definition) is 1. The molecule has 1 N–H and O–H groups in total. The minimum absolute atomic E-state index is 0.0414. The Bertz CT molecular complexity index is 683. The van der Waals surface area contributed by atoms with Gasteiger partial charge in [0.15, 0.2) is 5.69 Å². The smallest absolute Gasteiger partial charge is 0.308 e. The van der Waals surface area contributed by atoms with Crippen LogP contribution in [0.1, 0.15) is 29.9 Å². The van der Waals surface area contributed by atoms with Crippen molar-refractivity contribution < 1.29 is 13.2 Å². The molecule has 0 amide bonds. The predicted molar refractivity (Wildman–Crippen MR) is 70.5 cm³/mol. The molecule has 1 aliphatic rings. The van der Waals surface area contributed by atoms with Crippen molar-refractivity contribution in [1.82, 2.24) is 24.9 Å². The standard InChI is InChI=1S/C13H16F3N5/c1-7-10-8(4-5-17-7)11(20(2)19-10)9-6-18-21(3)12(9)13(14,15)16/h6-7,17H,4-5H2,1-3H3. The van der Waals surface area contributed by atoms with Crippen LogP contribution in [-0.4, -0.2) is 26.1 Å². The maximum Gasteiger partial charge on any atom is 0.433 e. The molecule has 2 aromatic rings.